The van der Waals surface area contributed by atoms with E-state index in [1.807, 2.05) is 0 Å². The van der Waals surface area contributed by atoms with Gasteiger partial charge < -0.3 is 20.4 Å². The molecule has 2 rings (SSSR count). The van der Waals surface area contributed by atoms with Gasteiger partial charge in [-0.15, -0.1) is 0 Å². The van der Waals surface area contributed by atoms with Crippen LogP contribution in [0.5, 0.6) is 0 Å². The maximum Gasteiger partial charge on any atom is 0.326 e. The minimum atomic E-state index is -1.13. The van der Waals surface area contributed by atoms with Gasteiger partial charge in [-0.25, -0.2) is 4.79 Å². The van der Waals surface area contributed by atoms with Crippen LogP contribution in [0.25, 0.3) is 0 Å². The standard InChI is InChI=1S/C10H14N2O5/c13-5-3-7(10(16)17)12(4-5)9(15)6-1-2-8(14)11-6/h5-7,13H,1-4H2,(H,11,14)(H,16,17)/t5?,6?,7-/m0/s1. The Kier molecular flexibility index (Phi) is 3.01. The predicted molar refractivity (Wildman–Crippen MR) is 54.9 cm³/mol. The van der Waals surface area contributed by atoms with E-state index in [-0.39, 0.29) is 25.3 Å². The van der Waals surface area contributed by atoms with Gasteiger partial charge >= 0.3 is 5.97 Å². The lowest BCUT2D eigenvalue weighted by Gasteiger charge is -2.24. The molecule has 7 nitrogen and oxygen atoms in total. The molecule has 17 heavy (non-hydrogen) atoms. The number of nitrogens with zero attached hydrogens (tertiary/aromatic N) is 1. The van der Waals surface area contributed by atoms with Crippen LogP contribution in [0, 0.1) is 0 Å². The second-order valence-corrected chi connectivity index (χ2v) is 4.39. The number of carboxylic acid groups (broad SMARTS) is 1. The fourth-order valence-electron chi connectivity index (χ4n) is 2.29. The Morgan fingerprint density at radius 1 is 1.41 bits per heavy atom. The number of nitrogens with one attached hydrogen (secondary N) is 1. The summed E-state index contributed by atoms with van der Waals surface area (Å²) < 4.78 is 0. The minimum absolute atomic E-state index is 0.0160. The number of rotatable bonds is 2. The summed E-state index contributed by atoms with van der Waals surface area (Å²) >= 11 is 0. The lowest BCUT2D eigenvalue weighted by Crippen LogP contribution is -2.49. The highest BCUT2D eigenvalue weighted by atomic mass is 16.4. The van der Waals surface area contributed by atoms with Crippen molar-refractivity contribution in [3.05, 3.63) is 0 Å². The fourth-order valence-corrected chi connectivity index (χ4v) is 2.29. The van der Waals surface area contributed by atoms with Gasteiger partial charge in [-0.1, -0.05) is 0 Å². The van der Waals surface area contributed by atoms with Crippen LogP contribution in [0.3, 0.4) is 0 Å². The maximum atomic E-state index is 12.0. The Bertz CT molecular complexity index is 370. The molecule has 2 unspecified atom stereocenters. The number of β-amino-alcohol motifs (C(OH)–C–C–N with tert-alkyl or cyclic N) is 1. The van der Waals surface area contributed by atoms with Crippen molar-refractivity contribution >= 4 is 17.8 Å². The van der Waals surface area contributed by atoms with Crippen LogP contribution in [0.2, 0.25) is 0 Å². The van der Waals surface area contributed by atoms with Crippen molar-refractivity contribution in [2.75, 3.05) is 6.54 Å². The largest absolute Gasteiger partial charge is 0.480 e. The second-order valence-electron chi connectivity index (χ2n) is 4.39. The summed E-state index contributed by atoms with van der Waals surface area (Å²) in [5, 5.41) is 20.9. The number of likely N-dealkylation sites (tertiary alicyclic amines) is 1. The number of hydrogen-bond acceptors (Lipinski definition) is 4. The Morgan fingerprint density at radius 3 is 2.65 bits per heavy atom. The molecule has 94 valence electrons. The molecule has 0 aromatic heterocycles. The molecular weight excluding hydrogens is 228 g/mol. The van der Waals surface area contributed by atoms with Gasteiger partial charge in [0.25, 0.3) is 0 Å². The number of aliphatic hydroxyl groups excluding tert-OH is 1. The molecule has 2 amide bonds. The van der Waals surface area contributed by atoms with E-state index in [1.54, 1.807) is 0 Å². The van der Waals surface area contributed by atoms with Gasteiger partial charge in [-0.3, -0.25) is 9.59 Å². The Morgan fingerprint density at radius 2 is 2.12 bits per heavy atom. The molecule has 2 heterocycles. The van der Waals surface area contributed by atoms with E-state index in [4.69, 9.17) is 5.11 Å². The molecule has 2 saturated heterocycles. The van der Waals surface area contributed by atoms with E-state index in [0.29, 0.717) is 6.42 Å². The number of amides is 2. The quantitative estimate of drug-likeness (QED) is 0.535. The molecule has 7 heteroatoms. The Balaban J connectivity index is 2.07. The van der Waals surface area contributed by atoms with Crippen LogP contribution in [0.1, 0.15) is 19.3 Å². The van der Waals surface area contributed by atoms with Crippen molar-refractivity contribution in [2.24, 2.45) is 0 Å². The van der Waals surface area contributed by atoms with Crippen LogP contribution in [-0.2, 0) is 14.4 Å². The summed E-state index contributed by atoms with van der Waals surface area (Å²) in [5.74, 6) is -1.74. The van der Waals surface area contributed by atoms with Gasteiger partial charge in [0.05, 0.1) is 6.10 Å². The van der Waals surface area contributed by atoms with Crippen molar-refractivity contribution in [2.45, 2.75) is 37.5 Å². The molecule has 0 spiro atoms. The summed E-state index contributed by atoms with van der Waals surface area (Å²) in [6, 6.07) is -1.63. The van der Waals surface area contributed by atoms with Crippen molar-refractivity contribution in [3.8, 4) is 0 Å². The van der Waals surface area contributed by atoms with Gasteiger partial charge in [0, 0.05) is 19.4 Å². The van der Waals surface area contributed by atoms with Crippen molar-refractivity contribution < 1.29 is 24.6 Å². The van der Waals surface area contributed by atoms with Crippen LogP contribution in [0.4, 0.5) is 0 Å². The molecule has 0 radical (unpaired) electrons. The normalized spacial score (nSPS) is 32.6. The average Bonchev–Trinajstić information content (AvgIpc) is 2.83. The first-order valence-electron chi connectivity index (χ1n) is 5.49. The Labute approximate surface area is 97.4 Å². The molecule has 0 aromatic rings. The van der Waals surface area contributed by atoms with Gasteiger partial charge in [0.1, 0.15) is 12.1 Å². The summed E-state index contributed by atoms with van der Waals surface area (Å²) in [4.78, 5) is 35.1. The number of carbonyl (C=O) groups excluding carboxylic acids is 2. The molecule has 2 aliphatic heterocycles. The van der Waals surface area contributed by atoms with Gasteiger partial charge in [0.2, 0.25) is 11.8 Å². The highest BCUT2D eigenvalue weighted by Gasteiger charge is 2.42. The molecule has 3 atom stereocenters. The molecule has 0 bridgehead atoms. The highest BCUT2D eigenvalue weighted by Crippen LogP contribution is 2.21. The third-order valence-corrected chi connectivity index (χ3v) is 3.14. The predicted octanol–water partition coefficient (Wildman–Crippen LogP) is -1.69. The van der Waals surface area contributed by atoms with E-state index < -0.39 is 30.1 Å². The topological polar surface area (TPSA) is 107 Å². The molecule has 0 saturated carbocycles. The number of carbonyl (C=O) groups is 3. The Hall–Kier alpha value is -1.63. The molecule has 0 aliphatic carbocycles. The van der Waals surface area contributed by atoms with Crippen LogP contribution in [0.15, 0.2) is 0 Å². The molecule has 0 aromatic carbocycles. The zero-order valence-corrected chi connectivity index (χ0v) is 9.13. The average molecular weight is 242 g/mol. The van der Waals surface area contributed by atoms with E-state index in [2.05, 4.69) is 5.32 Å². The van der Waals surface area contributed by atoms with Crippen molar-refractivity contribution in [1.29, 1.82) is 0 Å². The SMILES string of the molecule is O=C1CCC(C(=O)N2CC(O)C[C@H]2C(=O)O)N1. The van der Waals surface area contributed by atoms with E-state index in [9.17, 15) is 19.5 Å². The molecule has 3 N–H and O–H groups in total. The van der Waals surface area contributed by atoms with Gasteiger partial charge in [0.15, 0.2) is 0 Å². The van der Waals surface area contributed by atoms with Gasteiger partial charge in [-0.2, -0.15) is 0 Å². The zero-order valence-electron chi connectivity index (χ0n) is 9.13. The lowest BCUT2D eigenvalue weighted by atomic mass is 10.1. The smallest absolute Gasteiger partial charge is 0.326 e. The monoisotopic (exact) mass is 242 g/mol. The third-order valence-electron chi connectivity index (χ3n) is 3.14. The number of carboxylic acids is 1. The van der Waals surface area contributed by atoms with Crippen LogP contribution in [-0.4, -0.2) is 57.6 Å². The molecule has 2 fully saturated rings. The highest BCUT2D eigenvalue weighted by molar-refractivity contribution is 5.93. The number of aliphatic hydroxyl groups is 1. The van der Waals surface area contributed by atoms with Crippen molar-refractivity contribution in [1.82, 2.24) is 10.2 Å². The first kappa shape index (κ1) is 11.8. The van der Waals surface area contributed by atoms with Crippen LogP contribution < -0.4 is 5.32 Å². The van der Waals surface area contributed by atoms with Crippen molar-refractivity contribution in [3.63, 3.8) is 0 Å². The minimum Gasteiger partial charge on any atom is -0.480 e. The van der Waals surface area contributed by atoms with E-state index in [1.165, 1.54) is 0 Å². The third kappa shape index (κ3) is 2.23. The first-order valence-corrected chi connectivity index (χ1v) is 5.49. The fraction of sp³-hybridized carbons (Fsp3) is 0.700. The molecule has 2 aliphatic rings. The van der Waals surface area contributed by atoms with E-state index in [0.717, 1.165) is 4.90 Å². The summed E-state index contributed by atoms with van der Waals surface area (Å²) in [5.41, 5.74) is 0. The summed E-state index contributed by atoms with van der Waals surface area (Å²) in [7, 11) is 0. The molecular formula is C10H14N2O5. The summed E-state index contributed by atoms with van der Waals surface area (Å²) in [6.07, 6.45) is -0.0970. The van der Waals surface area contributed by atoms with E-state index >= 15 is 0 Å². The maximum absolute atomic E-state index is 12.0. The zero-order chi connectivity index (χ0) is 12.6. The second kappa shape index (κ2) is 4.33. The number of hydrogen-bond donors (Lipinski definition) is 3. The van der Waals surface area contributed by atoms with Crippen LogP contribution >= 0.6 is 0 Å². The summed E-state index contributed by atoms with van der Waals surface area (Å²) in [6.45, 7) is 0.0160. The lowest BCUT2D eigenvalue weighted by molar-refractivity contribution is -0.149. The van der Waals surface area contributed by atoms with Gasteiger partial charge in [-0.05, 0) is 6.42 Å². The number of aliphatic carboxylic acids is 1. The first-order chi connectivity index (χ1) is 7.99.